The van der Waals surface area contributed by atoms with Gasteiger partial charge in [0, 0.05) is 18.8 Å². The van der Waals surface area contributed by atoms with Crippen LogP contribution < -0.4 is 11.1 Å². The van der Waals surface area contributed by atoms with Crippen LogP contribution in [0.25, 0.3) is 0 Å². The van der Waals surface area contributed by atoms with Gasteiger partial charge in [0.1, 0.15) is 5.69 Å². The Labute approximate surface area is 125 Å². The molecule has 0 bridgehead atoms. The Morgan fingerprint density at radius 3 is 2.76 bits per heavy atom. The normalized spacial score (nSPS) is 15.9. The van der Waals surface area contributed by atoms with Gasteiger partial charge in [0.05, 0.1) is 6.54 Å². The summed E-state index contributed by atoms with van der Waals surface area (Å²) in [6.45, 7) is 4.58. The van der Waals surface area contributed by atoms with Crippen molar-refractivity contribution in [2.75, 3.05) is 19.6 Å². The van der Waals surface area contributed by atoms with E-state index < -0.39 is 5.91 Å². The first-order valence-corrected chi connectivity index (χ1v) is 7.58. The topological polar surface area (TPSA) is 80.4 Å². The van der Waals surface area contributed by atoms with Gasteiger partial charge in [-0.3, -0.25) is 9.59 Å². The molecule has 1 fully saturated rings. The number of amides is 2. The molecule has 1 aromatic rings. The number of aryl methyl sites for hydroxylation is 1. The Morgan fingerprint density at radius 2 is 2.14 bits per heavy atom. The van der Waals surface area contributed by atoms with Gasteiger partial charge < -0.3 is 20.5 Å². The van der Waals surface area contributed by atoms with Gasteiger partial charge in [0.2, 0.25) is 5.91 Å². The Morgan fingerprint density at radius 1 is 1.43 bits per heavy atom. The average molecular weight is 292 g/mol. The zero-order chi connectivity index (χ0) is 15.2. The average Bonchev–Trinajstić information content (AvgIpc) is 2.93. The van der Waals surface area contributed by atoms with E-state index in [1.54, 1.807) is 4.90 Å². The molecule has 6 nitrogen and oxygen atoms in total. The van der Waals surface area contributed by atoms with E-state index in [0.717, 1.165) is 38.9 Å². The van der Waals surface area contributed by atoms with Gasteiger partial charge in [-0.05, 0) is 44.5 Å². The molecule has 1 saturated heterocycles. The van der Waals surface area contributed by atoms with Crippen LogP contribution in [0.2, 0.25) is 0 Å². The number of carbonyl (C=O) groups excluding carboxylic acids is 2. The van der Waals surface area contributed by atoms with E-state index in [1.165, 1.54) is 0 Å². The molecule has 0 radical (unpaired) electrons. The zero-order valence-corrected chi connectivity index (χ0v) is 12.5. The van der Waals surface area contributed by atoms with Crippen molar-refractivity contribution in [1.29, 1.82) is 0 Å². The lowest BCUT2D eigenvalue weighted by atomic mass is 10.0. The molecule has 116 valence electrons. The molecule has 6 heteroatoms. The minimum atomic E-state index is -0.463. The second kappa shape index (κ2) is 7.26. The van der Waals surface area contributed by atoms with E-state index in [2.05, 4.69) is 12.2 Å². The maximum absolute atomic E-state index is 12.8. The summed E-state index contributed by atoms with van der Waals surface area (Å²) in [4.78, 5) is 25.8. The minimum absolute atomic E-state index is 0.0131. The molecule has 2 heterocycles. The van der Waals surface area contributed by atoms with Crippen molar-refractivity contribution in [3.63, 3.8) is 0 Å². The van der Waals surface area contributed by atoms with Gasteiger partial charge in [-0.15, -0.1) is 0 Å². The third-order valence-corrected chi connectivity index (χ3v) is 3.85. The molecule has 3 N–H and O–H groups in total. The number of aromatic nitrogens is 1. The van der Waals surface area contributed by atoms with Crippen molar-refractivity contribution in [1.82, 2.24) is 14.8 Å². The number of piperidine rings is 1. The van der Waals surface area contributed by atoms with Crippen molar-refractivity contribution in [3.8, 4) is 0 Å². The number of hydrogen-bond acceptors (Lipinski definition) is 3. The van der Waals surface area contributed by atoms with Crippen LogP contribution in [0.4, 0.5) is 0 Å². The summed E-state index contributed by atoms with van der Waals surface area (Å²) in [5, 5.41) is 3.27. The van der Waals surface area contributed by atoms with E-state index in [4.69, 9.17) is 5.73 Å². The molecule has 0 saturated carbocycles. The molecule has 2 rings (SSSR count). The standard InChI is InChI=1S/C15H24N4O2/c1-2-9-18-10-3-4-13(18)15(21)19(11-14(16)20)12-5-7-17-8-6-12/h3-4,10,12,17H,2,5-9,11H2,1H3,(H2,16,20). The molecule has 2 amide bonds. The predicted molar refractivity (Wildman–Crippen MR) is 80.8 cm³/mol. The second-order valence-corrected chi connectivity index (χ2v) is 5.47. The summed E-state index contributed by atoms with van der Waals surface area (Å²) in [7, 11) is 0. The smallest absolute Gasteiger partial charge is 0.271 e. The highest BCUT2D eigenvalue weighted by Gasteiger charge is 2.28. The van der Waals surface area contributed by atoms with Gasteiger partial charge >= 0.3 is 0 Å². The fourth-order valence-electron chi connectivity index (χ4n) is 2.84. The number of nitrogens with two attached hydrogens (primary N) is 1. The SMILES string of the molecule is CCCn1cccc1C(=O)N(CC(N)=O)C1CCNCC1. The summed E-state index contributed by atoms with van der Waals surface area (Å²) < 4.78 is 1.94. The number of nitrogens with one attached hydrogen (secondary N) is 1. The molecule has 0 unspecified atom stereocenters. The molecule has 1 aliphatic rings. The van der Waals surface area contributed by atoms with Crippen molar-refractivity contribution < 1.29 is 9.59 Å². The third kappa shape index (κ3) is 3.85. The first-order valence-electron chi connectivity index (χ1n) is 7.58. The molecule has 1 aliphatic heterocycles. The van der Waals surface area contributed by atoms with Crippen molar-refractivity contribution in [2.24, 2.45) is 5.73 Å². The van der Waals surface area contributed by atoms with E-state index >= 15 is 0 Å². The number of primary amides is 1. The first kappa shape index (κ1) is 15.6. The second-order valence-electron chi connectivity index (χ2n) is 5.47. The third-order valence-electron chi connectivity index (χ3n) is 3.85. The summed E-state index contributed by atoms with van der Waals surface area (Å²) >= 11 is 0. The molecular weight excluding hydrogens is 268 g/mol. The van der Waals surface area contributed by atoms with Gasteiger partial charge in [0.25, 0.3) is 5.91 Å². The van der Waals surface area contributed by atoms with Crippen LogP contribution in [0.15, 0.2) is 18.3 Å². The molecule has 0 spiro atoms. The van der Waals surface area contributed by atoms with Crippen LogP contribution in [0.3, 0.4) is 0 Å². The van der Waals surface area contributed by atoms with Crippen LogP contribution in [0, 0.1) is 0 Å². The number of carbonyl (C=O) groups is 2. The Kier molecular flexibility index (Phi) is 5.38. The summed E-state index contributed by atoms with van der Waals surface area (Å²) in [6.07, 6.45) is 4.57. The zero-order valence-electron chi connectivity index (χ0n) is 12.5. The summed E-state index contributed by atoms with van der Waals surface area (Å²) in [5.74, 6) is -0.561. The molecule has 0 aliphatic carbocycles. The van der Waals surface area contributed by atoms with Crippen molar-refractivity contribution >= 4 is 11.8 Å². The van der Waals surface area contributed by atoms with E-state index in [0.29, 0.717) is 5.69 Å². The number of hydrogen-bond donors (Lipinski definition) is 2. The quantitative estimate of drug-likeness (QED) is 0.804. The van der Waals surface area contributed by atoms with Crippen LogP contribution >= 0.6 is 0 Å². The lowest BCUT2D eigenvalue weighted by molar-refractivity contribution is -0.119. The maximum Gasteiger partial charge on any atom is 0.271 e. The molecular formula is C15H24N4O2. The van der Waals surface area contributed by atoms with Crippen LogP contribution in [0.1, 0.15) is 36.7 Å². The lowest BCUT2D eigenvalue weighted by Gasteiger charge is -2.34. The highest BCUT2D eigenvalue weighted by molar-refractivity contribution is 5.95. The Balaban J connectivity index is 2.20. The predicted octanol–water partition coefficient (Wildman–Crippen LogP) is 0.578. The highest BCUT2D eigenvalue weighted by Crippen LogP contribution is 2.16. The first-order chi connectivity index (χ1) is 10.1. The van der Waals surface area contributed by atoms with Gasteiger partial charge in [-0.25, -0.2) is 0 Å². The maximum atomic E-state index is 12.8. The van der Waals surface area contributed by atoms with Crippen molar-refractivity contribution in [2.45, 2.75) is 38.8 Å². The summed E-state index contributed by atoms with van der Waals surface area (Å²) in [5.41, 5.74) is 5.97. The van der Waals surface area contributed by atoms with Gasteiger partial charge in [-0.2, -0.15) is 0 Å². The van der Waals surface area contributed by atoms with E-state index in [9.17, 15) is 9.59 Å². The monoisotopic (exact) mass is 292 g/mol. The molecule has 0 atom stereocenters. The lowest BCUT2D eigenvalue weighted by Crippen LogP contribution is -2.49. The Bertz CT molecular complexity index is 492. The van der Waals surface area contributed by atoms with E-state index in [-0.39, 0.29) is 18.5 Å². The van der Waals surface area contributed by atoms with Crippen molar-refractivity contribution in [3.05, 3.63) is 24.0 Å². The van der Waals surface area contributed by atoms with Gasteiger partial charge in [0.15, 0.2) is 0 Å². The fraction of sp³-hybridized carbons (Fsp3) is 0.600. The molecule has 0 aromatic carbocycles. The number of nitrogens with zero attached hydrogens (tertiary/aromatic N) is 2. The fourth-order valence-corrected chi connectivity index (χ4v) is 2.84. The summed E-state index contributed by atoms with van der Waals surface area (Å²) in [6, 6.07) is 3.76. The number of rotatable bonds is 6. The molecule has 21 heavy (non-hydrogen) atoms. The largest absolute Gasteiger partial charge is 0.368 e. The Hall–Kier alpha value is -1.82. The van der Waals surface area contributed by atoms with Gasteiger partial charge in [-0.1, -0.05) is 6.92 Å². The van der Waals surface area contributed by atoms with E-state index in [1.807, 2.05) is 22.9 Å². The highest BCUT2D eigenvalue weighted by atomic mass is 16.2. The van der Waals surface area contributed by atoms with Crippen LogP contribution in [-0.2, 0) is 11.3 Å². The minimum Gasteiger partial charge on any atom is -0.368 e. The molecule has 1 aromatic heterocycles. The van der Waals surface area contributed by atoms with Crippen LogP contribution in [-0.4, -0.2) is 47.0 Å². The van der Waals surface area contributed by atoms with Crippen LogP contribution in [0.5, 0.6) is 0 Å².